The highest BCUT2D eigenvalue weighted by Crippen LogP contribution is 2.44. The molecule has 1 heterocycles. The molecule has 0 atom stereocenters. The second-order valence-corrected chi connectivity index (χ2v) is 5.18. The highest BCUT2D eigenvalue weighted by atomic mass is 32.1. The van der Waals surface area contributed by atoms with Gasteiger partial charge in [0.15, 0.2) is 5.78 Å². The molecular weight excluding hydrogens is 263 g/mol. The van der Waals surface area contributed by atoms with Gasteiger partial charge in [-0.15, -0.1) is 11.3 Å². The van der Waals surface area contributed by atoms with Gasteiger partial charge in [-0.2, -0.15) is 10.5 Å². The molecule has 3 nitrogen and oxygen atoms in total. The van der Waals surface area contributed by atoms with E-state index in [9.17, 15) is 9.18 Å². The van der Waals surface area contributed by atoms with Crippen LogP contribution in [0, 0.1) is 28.5 Å². The van der Waals surface area contributed by atoms with Crippen LogP contribution in [0.25, 0.3) is 15.7 Å². The van der Waals surface area contributed by atoms with Crippen LogP contribution in [0.15, 0.2) is 23.8 Å². The molecule has 0 saturated carbocycles. The largest absolute Gasteiger partial charge is 0.294 e. The summed E-state index contributed by atoms with van der Waals surface area (Å²) in [6.07, 6.45) is 0.0457. The summed E-state index contributed by atoms with van der Waals surface area (Å²) in [5, 5.41) is 18.4. The van der Waals surface area contributed by atoms with Crippen molar-refractivity contribution < 1.29 is 9.18 Å². The van der Waals surface area contributed by atoms with E-state index in [1.165, 1.54) is 23.5 Å². The van der Waals surface area contributed by atoms with Crippen LogP contribution in [0.2, 0.25) is 0 Å². The van der Waals surface area contributed by atoms with Gasteiger partial charge < -0.3 is 0 Å². The fourth-order valence-electron chi connectivity index (χ4n) is 2.25. The monoisotopic (exact) mass is 268 g/mol. The quantitative estimate of drug-likeness (QED) is 0.687. The van der Waals surface area contributed by atoms with E-state index >= 15 is 0 Å². The number of halogens is 1. The van der Waals surface area contributed by atoms with Gasteiger partial charge in [-0.3, -0.25) is 4.79 Å². The molecule has 0 unspecified atom stereocenters. The highest BCUT2D eigenvalue weighted by molar-refractivity contribution is 7.20. The van der Waals surface area contributed by atoms with E-state index in [0.29, 0.717) is 21.4 Å². The molecule has 0 radical (unpaired) electrons. The van der Waals surface area contributed by atoms with Gasteiger partial charge in [-0.05, 0) is 18.2 Å². The van der Waals surface area contributed by atoms with Crippen LogP contribution in [0.3, 0.4) is 0 Å². The van der Waals surface area contributed by atoms with Crippen LogP contribution >= 0.6 is 11.3 Å². The Hall–Kier alpha value is -2.50. The summed E-state index contributed by atoms with van der Waals surface area (Å²) in [6.45, 7) is 0. The number of carbonyl (C=O) groups is 1. The van der Waals surface area contributed by atoms with Gasteiger partial charge in [0, 0.05) is 32.5 Å². The average Bonchev–Trinajstić information content (AvgIpc) is 2.90. The lowest BCUT2D eigenvalue weighted by molar-refractivity contribution is 0.101. The van der Waals surface area contributed by atoms with Crippen molar-refractivity contribution in [1.82, 2.24) is 0 Å². The number of Topliss-reactive ketones (excluding diaryl/α,β-unsaturated/α-hetero) is 1. The Morgan fingerprint density at radius 3 is 2.74 bits per heavy atom. The lowest BCUT2D eigenvalue weighted by Gasteiger charge is -1.94. The van der Waals surface area contributed by atoms with E-state index in [-0.39, 0.29) is 17.8 Å². The Balaban J connectivity index is 2.40. The summed E-state index contributed by atoms with van der Waals surface area (Å²) in [5.41, 5.74) is 0.864. The lowest BCUT2D eigenvalue weighted by atomic mass is 10.1. The Bertz CT molecular complexity index is 833. The molecule has 1 aromatic carbocycles. The third-order valence-electron chi connectivity index (χ3n) is 3.07. The van der Waals surface area contributed by atoms with E-state index in [4.69, 9.17) is 10.5 Å². The number of hydrogen-bond acceptors (Lipinski definition) is 4. The summed E-state index contributed by atoms with van der Waals surface area (Å²) >= 11 is 1.32. The molecule has 0 aliphatic heterocycles. The molecule has 0 saturated heterocycles. The van der Waals surface area contributed by atoms with Gasteiger partial charge in [-0.1, -0.05) is 0 Å². The zero-order valence-electron chi connectivity index (χ0n) is 9.53. The molecule has 0 bridgehead atoms. The van der Waals surface area contributed by atoms with Gasteiger partial charge in [0.2, 0.25) is 0 Å². The minimum absolute atomic E-state index is 0.0425. The van der Waals surface area contributed by atoms with Crippen molar-refractivity contribution in [2.45, 2.75) is 6.42 Å². The topological polar surface area (TPSA) is 64.7 Å². The maximum atomic E-state index is 13.3. The maximum absolute atomic E-state index is 13.3. The molecule has 3 rings (SSSR count). The molecule has 19 heavy (non-hydrogen) atoms. The molecule has 1 aliphatic rings. The predicted molar refractivity (Wildman–Crippen MR) is 68.9 cm³/mol. The molecule has 0 amide bonds. The Morgan fingerprint density at radius 2 is 2.05 bits per heavy atom. The minimum atomic E-state index is -0.404. The predicted octanol–water partition coefficient (Wildman–Crippen LogP) is 3.43. The molecule has 0 spiro atoms. The number of hydrogen-bond donors (Lipinski definition) is 0. The fraction of sp³-hybridized carbons (Fsp3) is 0.0714. The van der Waals surface area contributed by atoms with Crippen molar-refractivity contribution >= 4 is 32.8 Å². The number of nitriles is 2. The van der Waals surface area contributed by atoms with Crippen molar-refractivity contribution in [2.24, 2.45) is 0 Å². The molecule has 1 aromatic heterocycles. The first-order chi connectivity index (χ1) is 9.15. The van der Waals surface area contributed by atoms with Crippen LogP contribution in [-0.2, 0) is 0 Å². The van der Waals surface area contributed by atoms with Crippen LogP contribution in [-0.4, -0.2) is 5.78 Å². The number of thiophene rings is 1. The Morgan fingerprint density at radius 1 is 1.32 bits per heavy atom. The molecule has 90 valence electrons. The molecule has 2 aromatic rings. The lowest BCUT2D eigenvalue weighted by Crippen LogP contribution is -1.90. The number of benzene rings is 1. The highest BCUT2D eigenvalue weighted by Gasteiger charge is 2.31. The zero-order valence-corrected chi connectivity index (χ0v) is 10.3. The summed E-state index contributed by atoms with van der Waals surface area (Å²) in [4.78, 5) is 12.7. The second kappa shape index (κ2) is 4.01. The number of fused-ring (bicyclic) bond motifs is 3. The summed E-state index contributed by atoms with van der Waals surface area (Å²) in [7, 11) is 0. The van der Waals surface area contributed by atoms with Crippen molar-refractivity contribution in [1.29, 1.82) is 10.5 Å². The second-order valence-electron chi connectivity index (χ2n) is 4.12. The van der Waals surface area contributed by atoms with Gasteiger partial charge in [-0.25, -0.2) is 4.39 Å². The van der Waals surface area contributed by atoms with Crippen LogP contribution in [0.4, 0.5) is 4.39 Å². The van der Waals surface area contributed by atoms with E-state index in [0.717, 1.165) is 4.70 Å². The van der Waals surface area contributed by atoms with Crippen LogP contribution in [0.5, 0.6) is 0 Å². The molecule has 0 N–H and O–H groups in total. The van der Waals surface area contributed by atoms with Gasteiger partial charge in [0.05, 0.1) is 0 Å². The van der Waals surface area contributed by atoms with Crippen molar-refractivity contribution in [2.75, 3.05) is 0 Å². The van der Waals surface area contributed by atoms with E-state index < -0.39 is 5.82 Å². The summed E-state index contributed by atoms with van der Waals surface area (Å²) in [5.74, 6) is -0.566. The molecular formula is C14H5FN2OS. The number of allylic oxidation sites excluding steroid dienone is 2. The Labute approximate surface area is 111 Å². The third kappa shape index (κ3) is 1.56. The van der Waals surface area contributed by atoms with Crippen molar-refractivity contribution in [3.8, 4) is 12.1 Å². The number of rotatable bonds is 0. The van der Waals surface area contributed by atoms with Gasteiger partial charge in [0.25, 0.3) is 0 Å². The first-order valence-corrected chi connectivity index (χ1v) is 6.26. The standard InChI is InChI=1S/C14H5FN2OS/c15-8-1-2-12-10(3-8)13-11(18)4-9(14(13)19-12)7(5-16)6-17/h1-3H,4H2. The first-order valence-electron chi connectivity index (χ1n) is 5.44. The number of carbonyl (C=O) groups excluding carboxylic acids is 1. The smallest absolute Gasteiger partial charge is 0.169 e. The van der Waals surface area contributed by atoms with Crippen molar-refractivity contribution in [3.63, 3.8) is 0 Å². The summed E-state index contributed by atoms with van der Waals surface area (Å²) < 4.78 is 14.1. The average molecular weight is 268 g/mol. The zero-order chi connectivity index (χ0) is 13.6. The number of ketones is 1. The normalized spacial score (nSPS) is 13.2. The molecule has 5 heteroatoms. The fourth-order valence-corrected chi connectivity index (χ4v) is 3.50. The van der Waals surface area contributed by atoms with Gasteiger partial charge >= 0.3 is 0 Å². The van der Waals surface area contributed by atoms with Gasteiger partial charge in [0.1, 0.15) is 23.5 Å². The minimum Gasteiger partial charge on any atom is -0.294 e. The Kier molecular flexibility index (Phi) is 2.45. The third-order valence-corrected chi connectivity index (χ3v) is 4.30. The van der Waals surface area contributed by atoms with E-state index in [1.54, 1.807) is 6.07 Å². The first kappa shape index (κ1) is 11.6. The molecule has 1 aliphatic carbocycles. The molecule has 0 fully saturated rings. The van der Waals surface area contributed by atoms with E-state index in [2.05, 4.69) is 0 Å². The number of nitrogens with zero attached hydrogens (tertiary/aromatic N) is 2. The SMILES string of the molecule is N#CC(C#N)=C1CC(=O)c2c1sc1ccc(F)cc21. The van der Waals surface area contributed by atoms with Crippen LogP contribution in [0.1, 0.15) is 21.7 Å². The van der Waals surface area contributed by atoms with E-state index in [1.807, 2.05) is 12.1 Å². The maximum Gasteiger partial charge on any atom is 0.169 e. The summed E-state index contributed by atoms with van der Waals surface area (Å²) in [6, 6.07) is 7.88. The van der Waals surface area contributed by atoms with Crippen molar-refractivity contribution in [3.05, 3.63) is 40.0 Å². The van der Waals surface area contributed by atoms with Crippen LogP contribution < -0.4 is 0 Å².